The molecule has 134 valence electrons. The van der Waals surface area contributed by atoms with Crippen LogP contribution >= 0.6 is 0 Å². The molecule has 0 saturated carbocycles. The molecular weight excluding hydrogens is 324 g/mol. The molecule has 0 spiro atoms. The zero-order chi connectivity index (χ0) is 18.6. The normalized spacial score (nSPS) is 11.5. The van der Waals surface area contributed by atoms with Crippen molar-refractivity contribution in [3.63, 3.8) is 0 Å². The molecule has 3 nitrogen and oxygen atoms in total. The largest absolute Gasteiger partial charge is 0.508 e. The third-order valence-electron chi connectivity index (χ3n) is 4.69. The molecule has 0 aromatic heterocycles. The molecule has 0 fully saturated rings. The predicted octanol–water partition coefficient (Wildman–Crippen LogP) is 4.79. The number of aromatic hydroxyl groups is 1. The lowest BCUT2D eigenvalue weighted by molar-refractivity contribution is -0.183. The average Bonchev–Trinajstić information content (AvgIpc) is 2.67. The van der Waals surface area contributed by atoms with Crippen LogP contribution in [0.2, 0.25) is 0 Å². The highest BCUT2D eigenvalue weighted by Crippen LogP contribution is 2.35. The standard InChI is InChI=1S/C23H24O3/c1-17-4-6-18(7-5-17)16-19-8-10-20(11-9-19)23(25-2,26-3)21-12-14-22(24)15-13-21/h4-15,24H,16H2,1-3H3. The lowest BCUT2D eigenvalue weighted by Crippen LogP contribution is -2.32. The second-order valence-electron chi connectivity index (χ2n) is 6.43. The molecule has 0 aliphatic carbocycles. The molecule has 26 heavy (non-hydrogen) atoms. The van der Waals surface area contributed by atoms with E-state index in [1.807, 2.05) is 24.3 Å². The van der Waals surface area contributed by atoms with Crippen LogP contribution in [0.1, 0.15) is 27.8 Å². The number of phenolic OH excluding ortho intramolecular Hbond substituents is 1. The van der Waals surface area contributed by atoms with Gasteiger partial charge < -0.3 is 14.6 Å². The van der Waals surface area contributed by atoms with Crippen LogP contribution in [-0.2, 0) is 21.7 Å². The van der Waals surface area contributed by atoms with E-state index in [9.17, 15) is 5.11 Å². The van der Waals surface area contributed by atoms with Crippen molar-refractivity contribution >= 4 is 0 Å². The molecule has 3 aromatic rings. The first kappa shape index (κ1) is 18.2. The van der Waals surface area contributed by atoms with Gasteiger partial charge in [-0.05, 0) is 48.7 Å². The number of rotatable bonds is 6. The van der Waals surface area contributed by atoms with Gasteiger partial charge >= 0.3 is 0 Å². The second kappa shape index (κ2) is 7.73. The average molecular weight is 348 g/mol. The quantitative estimate of drug-likeness (QED) is 0.651. The first-order valence-electron chi connectivity index (χ1n) is 8.62. The fraction of sp³-hybridized carbons (Fsp3) is 0.217. The fourth-order valence-corrected chi connectivity index (χ4v) is 3.19. The second-order valence-corrected chi connectivity index (χ2v) is 6.43. The summed E-state index contributed by atoms with van der Waals surface area (Å²) in [5.41, 5.74) is 5.51. The van der Waals surface area contributed by atoms with Gasteiger partial charge in [-0.15, -0.1) is 0 Å². The van der Waals surface area contributed by atoms with Crippen LogP contribution in [0.25, 0.3) is 0 Å². The van der Waals surface area contributed by atoms with Crippen molar-refractivity contribution < 1.29 is 14.6 Å². The van der Waals surface area contributed by atoms with E-state index in [-0.39, 0.29) is 5.75 Å². The Labute approximate surface area is 154 Å². The van der Waals surface area contributed by atoms with Gasteiger partial charge in [0.1, 0.15) is 5.75 Å². The van der Waals surface area contributed by atoms with E-state index >= 15 is 0 Å². The molecule has 0 unspecified atom stereocenters. The Morgan fingerprint density at radius 1 is 0.692 bits per heavy atom. The summed E-state index contributed by atoms with van der Waals surface area (Å²) < 4.78 is 11.5. The van der Waals surface area contributed by atoms with Gasteiger partial charge in [-0.25, -0.2) is 0 Å². The number of aryl methyl sites for hydroxylation is 1. The maximum atomic E-state index is 9.55. The van der Waals surface area contributed by atoms with E-state index in [4.69, 9.17) is 9.47 Å². The number of methoxy groups -OCH3 is 2. The Balaban J connectivity index is 1.89. The Hall–Kier alpha value is -2.62. The molecule has 0 atom stereocenters. The number of hydrogen-bond acceptors (Lipinski definition) is 3. The first-order chi connectivity index (χ1) is 12.6. The Morgan fingerprint density at radius 3 is 1.58 bits per heavy atom. The summed E-state index contributed by atoms with van der Waals surface area (Å²) in [5, 5.41) is 9.55. The van der Waals surface area contributed by atoms with Crippen molar-refractivity contribution in [2.75, 3.05) is 14.2 Å². The van der Waals surface area contributed by atoms with E-state index in [1.165, 1.54) is 16.7 Å². The summed E-state index contributed by atoms with van der Waals surface area (Å²) in [6.07, 6.45) is 0.882. The number of ether oxygens (including phenoxy) is 2. The first-order valence-corrected chi connectivity index (χ1v) is 8.62. The molecule has 0 aliphatic rings. The molecular formula is C23H24O3. The zero-order valence-electron chi connectivity index (χ0n) is 15.4. The van der Waals surface area contributed by atoms with Gasteiger partial charge in [0, 0.05) is 25.3 Å². The summed E-state index contributed by atoms with van der Waals surface area (Å²) in [5.74, 6) is -0.792. The minimum absolute atomic E-state index is 0.211. The van der Waals surface area contributed by atoms with Gasteiger partial charge in [-0.1, -0.05) is 54.1 Å². The molecule has 0 heterocycles. The molecule has 3 rings (SSSR count). The van der Waals surface area contributed by atoms with Gasteiger partial charge in [0.15, 0.2) is 0 Å². The van der Waals surface area contributed by atoms with Crippen LogP contribution in [0.3, 0.4) is 0 Å². The highest BCUT2D eigenvalue weighted by Gasteiger charge is 2.34. The molecule has 0 aliphatic heterocycles. The minimum Gasteiger partial charge on any atom is -0.508 e. The van der Waals surface area contributed by atoms with E-state index in [0.717, 1.165) is 17.5 Å². The van der Waals surface area contributed by atoms with E-state index in [1.54, 1.807) is 26.4 Å². The van der Waals surface area contributed by atoms with E-state index in [0.29, 0.717) is 0 Å². The zero-order valence-corrected chi connectivity index (χ0v) is 15.4. The van der Waals surface area contributed by atoms with Gasteiger partial charge in [0.25, 0.3) is 0 Å². The Bertz CT molecular complexity index is 830. The monoisotopic (exact) mass is 348 g/mol. The Morgan fingerprint density at radius 2 is 1.12 bits per heavy atom. The summed E-state index contributed by atoms with van der Waals surface area (Å²) in [6.45, 7) is 2.09. The summed E-state index contributed by atoms with van der Waals surface area (Å²) >= 11 is 0. The van der Waals surface area contributed by atoms with Gasteiger partial charge in [0.2, 0.25) is 5.79 Å². The fourth-order valence-electron chi connectivity index (χ4n) is 3.19. The number of phenols is 1. The summed E-state index contributed by atoms with van der Waals surface area (Å²) in [7, 11) is 3.24. The number of hydrogen-bond donors (Lipinski definition) is 1. The van der Waals surface area contributed by atoms with Crippen molar-refractivity contribution in [2.45, 2.75) is 19.1 Å². The topological polar surface area (TPSA) is 38.7 Å². The van der Waals surface area contributed by atoms with Crippen molar-refractivity contribution in [2.24, 2.45) is 0 Å². The smallest absolute Gasteiger partial charge is 0.221 e. The SMILES string of the molecule is COC(OC)(c1ccc(O)cc1)c1ccc(Cc2ccc(C)cc2)cc1. The summed E-state index contributed by atoms with van der Waals surface area (Å²) in [4.78, 5) is 0. The van der Waals surface area contributed by atoms with Crippen molar-refractivity contribution in [1.82, 2.24) is 0 Å². The molecule has 0 radical (unpaired) electrons. The molecule has 1 N–H and O–H groups in total. The van der Waals surface area contributed by atoms with Crippen LogP contribution in [0.5, 0.6) is 5.75 Å². The van der Waals surface area contributed by atoms with Crippen molar-refractivity contribution in [1.29, 1.82) is 0 Å². The highest BCUT2D eigenvalue weighted by atomic mass is 16.7. The molecule has 0 amide bonds. The van der Waals surface area contributed by atoms with Crippen LogP contribution in [0, 0.1) is 6.92 Å². The van der Waals surface area contributed by atoms with Crippen LogP contribution < -0.4 is 0 Å². The van der Waals surface area contributed by atoms with E-state index in [2.05, 4.69) is 43.3 Å². The maximum absolute atomic E-state index is 9.55. The van der Waals surface area contributed by atoms with Crippen molar-refractivity contribution in [3.05, 3.63) is 101 Å². The lowest BCUT2D eigenvalue weighted by Gasteiger charge is -2.32. The van der Waals surface area contributed by atoms with Gasteiger partial charge in [-0.3, -0.25) is 0 Å². The third-order valence-corrected chi connectivity index (χ3v) is 4.69. The molecule has 3 aromatic carbocycles. The van der Waals surface area contributed by atoms with Crippen molar-refractivity contribution in [3.8, 4) is 5.75 Å². The molecule has 0 saturated heterocycles. The highest BCUT2D eigenvalue weighted by molar-refractivity contribution is 5.39. The lowest BCUT2D eigenvalue weighted by atomic mass is 9.94. The molecule has 3 heteroatoms. The van der Waals surface area contributed by atoms with Gasteiger partial charge in [0.05, 0.1) is 0 Å². The van der Waals surface area contributed by atoms with Crippen LogP contribution in [0.15, 0.2) is 72.8 Å². The third kappa shape index (κ3) is 3.64. The van der Waals surface area contributed by atoms with E-state index < -0.39 is 5.79 Å². The minimum atomic E-state index is -1.00. The summed E-state index contributed by atoms with van der Waals surface area (Å²) in [6, 6.07) is 23.7. The Kier molecular flexibility index (Phi) is 5.40. The van der Waals surface area contributed by atoms with Gasteiger partial charge in [-0.2, -0.15) is 0 Å². The van der Waals surface area contributed by atoms with Crippen LogP contribution in [0.4, 0.5) is 0 Å². The van der Waals surface area contributed by atoms with Crippen LogP contribution in [-0.4, -0.2) is 19.3 Å². The number of benzene rings is 3. The maximum Gasteiger partial charge on any atom is 0.221 e. The molecule has 0 bridgehead atoms. The predicted molar refractivity (Wildman–Crippen MR) is 103 cm³/mol.